The molecular weight excluding hydrogens is 312 g/mol. The normalized spacial score (nSPS) is 17.8. The maximum absolute atomic E-state index is 9.74. The molecule has 3 rings (SSSR count). The van der Waals surface area contributed by atoms with Crippen molar-refractivity contribution in [2.75, 3.05) is 0 Å². The number of benzene rings is 1. The van der Waals surface area contributed by atoms with Crippen LogP contribution in [0, 0.1) is 0 Å². The molecule has 0 fully saturated rings. The van der Waals surface area contributed by atoms with Crippen LogP contribution in [0.3, 0.4) is 0 Å². The monoisotopic (exact) mass is 324 g/mol. The highest BCUT2D eigenvalue weighted by Gasteiger charge is 2.20. The van der Waals surface area contributed by atoms with Crippen molar-refractivity contribution in [3.05, 3.63) is 50.1 Å². The van der Waals surface area contributed by atoms with Crippen molar-refractivity contribution in [1.29, 1.82) is 0 Å². The van der Waals surface area contributed by atoms with Crippen molar-refractivity contribution < 1.29 is 9.84 Å². The molecule has 1 atom stereocenters. The lowest BCUT2D eigenvalue weighted by atomic mass is 10.1. The Bertz CT molecular complexity index is 565. The molecule has 2 nitrogen and oxygen atoms in total. The van der Waals surface area contributed by atoms with Crippen LogP contribution in [0.2, 0.25) is 0 Å². The minimum absolute atomic E-state index is 0.291. The molecule has 1 aromatic carbocycles. The van der Waals surface area contributed by atoms with Crippen LogP contribution in [0.15, 0.2) is 34.1 Å². The smallest absolute Gasteiger partial charge is 0.124 e. The molecule has 1 aliphatic carbocycles. The molecule has 1 heterocycles. The highest BCUT2D eigenvalue weighted by atomic mass is 79.9. The van der Waals surface area contributed by atoms with Gasteiger partial charge in [-0.15, -0.1) is 11.3 Å². The van der Waals surface area contributed by atoms with Gasteiger partial charge in [-0.05, 0) is 63.5 Å². The van der Waals surface area contributed by atoms with Gasteiger partial charge in [-0.25, -0.2) is 0 Å². The largest absolute Gasteiger partial charge is 0.488 e. The molecule has 0 saturated heterocycles. The van der Waals surface area contributed by atoms with Crippen molar-refractivity contribution in [1.82, 2.24) is 0 Å². The molecule has 1 aliphatic rings. The Morgan fingerprint density at radius 3 is 3.06 bits per heavy atom. The number of fused-ring (bicyclic) bond motifs is 1. The fourth-order valence-electron chi connectivity index (χ4n) is 2.24. The first kappa shape index (κ1) is 12.2. The van der Waals surface area contributed by atoms with E-state index in [9.17, 15) is 5.11 Å². The summed E-state index contributed by atoms with van der Waals surface area (Å²) in [6.45, 7) is 0.583. The summed E-state index contributed by atoms with van der Waals surface area (Å²) in [6, 6.07) is 8.00. The first-order valence-corrected chi connectivity index (χ1v) is 7.57. The topological polar surface area (TPSA) is 29.5 Å². The first-order valence-electron chi connectivity index (χ1n) is 5.89. The SMILES string of the molecule is O[C@@H]1CCc2cc(OCc3sccc3Br)ccc21. The number of halogens is 1. The molecule has 0 spiro atoms. The summed E-state index contributed by atoms with van der Waals surface area (Å²) in [6.07, 6.45) is 1.48. The molecule has 4 heteroatoms. The van der Waals surface area contributed by atoms with Crippen LogP contribution in [0.1, 0.15) is 28.5 Å². The number of aryl methyl sites for hydroxylation is 1. The molecule has 0 bridgehead atoms. The summed E-state index contributed by atoms with van der Waals surface area (Å²) in [4.78, 5) is 1.19. The second-order valence-electron chi connectivity index (χ2n) is 4.40. The maximum atomic E-state index is 9.74. The van der Waals surface area contributed by atoms with Gasteiger partial charge in [0, 0.05) is 4.47 Å². The molecule has 94 valence electrons. The van der Waals surface area contributed by atoms with E-state index in [0.717, 1.165) is 28.6 Å². The van der Waals surface area contributed by atoms with Gasteiger partial charge in [-0.3, -0.25) is 0 Å². The van der Waals surface area contributed by atoms with Crippen LogP contribution in [0.5, 0.6) is 5.75 Å². The summed E-state index contributed by atoms with van der Waals surface area (Å²) in [5, 5.41) is 11.8. The molecule has 1 N–H and O–H groups in total. The Labute approximate surface area is 118 Å². The zero-order valence-corrected chi connectivity index (χ0v) is 12.1. The van der Waals surface area contributed by atoms with E-state index in [4.69, 9.17) is 4.74 Å². The van der Waals surface area contributed by atoms with E-state index in [0.29, 0.717) is 6.61 Å². The summed E-state index contributed by atoms with van der Waals surface area (Å²) in [5.41, 5.74) is 2.27. The molecule has 2 aromatic rings. The van der Waals surface area contributed by atoms with E-state index in [1.54, 1.807) is 11.3 Å². The minimum atomic E-state index is -0.291. The molecule has 1 aromatic heterocycles. The maximum Gasteiger partial charge on any atom is 0.124 e. The van der Waals surface area contributed by atoms with Gasteiger partial charge in [0.05, 0.1) is 11.0 Å². The number of hydrogen-bond donors (Lipinski definition) is 1. The molecular formula is C14H13BrO2S. The summed E-state index contributed by atoms with van der Waals surface area (Å²) >= 11 is 5.18. The fraction of sp³-hybridized carbons (Fsp3) is 0.286. The summed E-state index contributed by atoms with van der Waals surface area (Å²) in [7, 11) is 0. The van der Waals surface area contributed by atoms with Gasteiger partial charge in [0.25, 0.3) is 0 Å². The zero-order chi connectivity index (χ0) is 12.5. The lowest BCUT2D eigenvalue weighted by molar-refractivity contribution is 0.180. The second-order valence-corrected chi connectivity index (χ2v) is 6.25. The predicted octanol–water partition coefficient (Wildman–Crippen LogP) is 4.07. The molecule has 0 saturated carbocycles. The number of ether oxygens (including phenoxy) is 1. The Morgan fingerprint density at radius 2 is 2.28 bits per heavy atom. The van der Waals surface area contributed by atoms with Gasteiger partial charge in [-0.2, -0.15) is 0 Å². The van der Waals surface area contributed by atoms with Crippen LogP contribution < -0.4 is 4.74 Å². The summed E-state index contributed by atoms with van der Waals surface area (Å²) in [5.74, 6) is 0.878. The Morgan fingerprint density at radius 1 is 1.39 bits per heavy atom. The number of rotatable bonds is 3. The van der Waals surface area contributed by atoms with Gasteiger partial charge < -0.3 is 9.84 Å². The van der Waals surface area contributed by atoms with Crippen LogP contribution in [-0.2, 0) is 13.0 Å². The van der Waals surface area contributed by atoms with E-state index >= 15 is 0 Å². The van der Waals surface area contributed by atoms with E-state index in [1.165, 1.54) is 10.4 Å². The van der Waals surface area contributed by atoms with Gasteiger partial charge in [0.2, 0.25) is 0 Å². The minimum Gasteiger partial charge on any atom is -0.488 e. The average molecular weight is 325 g/mol. The molecule has 0 amide bonds. The Balaban J connectivity index is 1.73. The molecule has 18 heavy (non-hydrogen) atoms. The van der Waals surface area contributed by atoms with Crippen molar-refractivity contribution >= 4 is 27.3 Å². The van der Waals surface area contributed by atoms with Gasteiger partial charge in [0.1, 0.15) is 12.4 Å². The second kappa shape index (κ2) is 5.03. The van der Waals surface area contributed by atoms with Crippen LogP contribution in [0.25, 0.3) is 0 Å². The lowest BCUT2D eigenvalue weighted by Gasteiger charge is -2.08. The molecule has 0 radical (unpaired) electrons. The van der Waals surface area contributed by atoms with Gasteiger partial charge in [0.15, 0.2) is 0 Å². The van der Waals surface area contributed by atoms with Crippen molar-refractivity contribution in [3.8, 4) is 5.75 Å². The summed E-state index contributed by atoms with van der Waals surface area (Å²) < 4.78 is 6.89. The van der Waals surface area contributed by atoms with Crippen molar-refractivity contribution in [2.24, 2.45) is 0 Å². The van der Waals surface area contributed by atoms with Crippen LogP contribution >= 0.6 is 27.3 Å². The number of aliphatic hydroxyl groups excluding tert-OH is 1. The average Bonchev–Trinajstić information content (AvgIpc) is 2.94. The Kier molecular flexibility index (Phi) is 3.41. The van der Waals surface area contributed by atoms with Gasteiger partial charge in [-0.1, -0.05) is 6.07 Å². The number of thiophene rings is 1. The lowest BCUT2D eigenvalue weighted by Crippen LogP contribution is -1.95. The van der Waals surface area contributed by atoms with Crippen LogP contribution in [0.4, 0.5) is 0 Å². The third-order valence-electron chi connectivity index (χ3n) is 3.22. The van der Waals surface area contributed by atoms with E-state index in [2.05, 4.69) is 15.9 Å². The standard InChI is InChI=1S/C14H13BrO2S/c15-12-5-6-18-14(12)8-17-10-2-3-11-9(7-10)1-4-13(11)16/h2-3,5-7,13,16H,1,4,8H2/t13-/m1/s1. The quantitative estimate of drug-likeness (QED) is 0.922. The predicted molar refractivity (Wildman–Crippen MR) is 76.1 cm³/mol. The fourth-order valence-corrected chi connectivity index (χ4v) is 3.62. The highest BCUT2D eigenvalue weighted by molar-refractivity contribution is 9.10. The van der Waals surface area contributed by atoms with Crippen molar-refractivity contribution in [2.45, 2.75) is 25.6 Å². The third kappa shape index (κ3) is 2.32. The Hall–Kier alpha value is -0.840. The zero-order valence-electron chi connectivity index (χ0n) is 9.73. The van der Waals surface area contributed by atoms with Crippen molar-refractivity contribution in [3.63, 3.8) is 0 Å². The highest BCUT2D eigenvalue weighted by Crippen LogP contribution is 2.33. The van der Waals surface area contributed by atoms with Crippen LogP contribution in [-0.4, -0.2) is 5.11 Å². The number of hydrogen-bond acceptors (Lipinski definition) is 3. The molecule has 0 aliphatic heterocycles. The van der Waals surface area contributed by atoms with Gasteiger partial charge >= 0.3 is 0 Å². The van der Waals surface area contributed by atoms with E-state index in [1.807, 2.05) is 29.6 Å². The third-order valence-corrected chi connectivity index (χ3v) is 5.12. The van der Waals surface area contributed by atoms with E-state index < -0.39 is 0 Å². The number of aliphatic hydroxyl groups is 1. The first-order chi connectivity index (χ1) is 8.74. The van der Waals surface area contributed by atoms with E-state index in [-0.39, 0.29) is 6.10 Å². The molecule has 0 unspecified atom stereocenters.